The maximum absolute atomic E-state index is 12.1. The second kappa shape index (κ2) is 11.7. The van der Waals surface area contributed by atoms with Gasteiger partial charge in [-0.1, -0.05) is 0 Å². The minimum atomic E-state index is -5.08. The number of anilines is 2. The molecule has 0 unspecified atom stereocenters. The lowest BCUT2D eigenvalue weighted by atomic mass is 10.1. The van der Waals surface area contributed by atoms with Crippen LogP contribution in [-0.4, -0.2) is 83.3 Å². The maximum atomic E-state index is 12.1. The van der Waals surface area contributed by atoms with Crippen LogP contribution in [0.25, 0.3) is 0 Å². The number of nitrogens with zero attached hydrogens (tertiary/aromatic N) is 2. The van der Waals surface area contributed by atoms with E-state index in [0.29, 0.717) is 38.4 Å². The van der Waals surface area contributed by atoms with E-state index in [0.717, 1.165) is 5.69 Å². The van der Waals surface area contributed by atoms with Crippen molar-refractivity contribution >= 4 is 35.1 Å². The number of rotatable bonds is 5. The van der Waals surface area contributed by atoms with Gasteiger partial charge in [0.1, 0.15) is 0 Å². The van der Waals surface area contributed by atoms with Gasteiger partial charge < -0.3 is 25.7 Å². The average molecular weight is 490 g/mol. The number of carbonyl (C=O) groups excluding carboxylic acids is 2. The van der Waals surface area contributed by atoms with Crippen molar-refractivity contribution in [3.8, 4) is 0 Å². The number of benzene rings is 1. The first kappa shape index (κ1) is 28.7. The Morgan fingerprint density at radius 3 is 1.94 bits per heavy atom. The van der Waals surface area contributed by atoms with Crippen LogP contribution in [0.1, 0.15) is 38.1 Å². The van der Waals surface area contributed by atoms with Crippen molar-refractivity contribution in [2.75, 3.05) is 42.9 Å². The fourth-order valence-corrected chi connectivity index (χ4v) is 3.04. The minimum absolute atomic E-state index is 0.000645. The van der Waals surface area contributed by atoms with Crippen LogP contribution in [0.2, 0.25) is 0 Å². The molecule has 0 aromatic heterocycles. The van der Waals surface area contributed by atoms with Crippen molar-refractivity contribution in [1.82, 2.24) is 10.2 Å². The summed E-state index contributed by atoms with van der Waals surface area (Å²) >= 11 is 0. The zero-order valence-corrected chi connectivity index (χ0v) is 19.3. The normalized spacial score (nSPS) is 14.5. The molecule has 0 bridgehead atoms. The number of halogens is 3. The number of aliphatic carboxylic acids is 1. The SMILES string of the molecule is CC(=O)Nc1cc(C(=O)O)ccc1N1CCN(CC(=O)NC(C)(C)C)CC1.O=C(O)C(F)(F)F. The van der Waals surface area contributed by atoms with Gasteiger partial charge in [0, 0.05) is 38.6 Å². The van der Waals surface area contributed by atoms with E-state index in [9.17, 15) is 32.7 Å². The molecule has 1 aromatic rings. The van der Waals surface area contributed by atoms with Gasteiger partial charge in [-0.3, -0.25) is 14.5 Å². The number of piperazine rings is 1. The Morgan fingerprint density at radius 2 is 1.53 bits per heavy atom. The lowest BCUT2D eigenvalue weighted by molar-refractivity contribution is -0.192. The molecule has 1 fully saturated rings. The van der Waals surface area contributed by atoms with Gasteiger partial charge in [0.15, 0.2) is 0 Å². The first-order valence-corrected chi connectivity index (χ1v) is 10.2. The van der Waals surface area contributed by atoms with Crippen molar-refractivity contribution in [2.24, 2.45) is 0 Å². The highest BCUT2D eigenvalue weighted by atomic mass is 19.4. The van der Waals surface area contributed by atoms with E-state index < -0.39 is 18.1 Å². The second-order valence-electron chi connectivity index (χ2n) is 8.58. The number of hydrogen-bond donors (Lipinski definition) is 4. The standard InChI is InChI=1S/C19H28N4O4.C2HF3O2/c1-13(24)20-15-11-14(18(26)27)5-6-16(15)23-9-7-22(8-10-23)12-17(25)21-19(2,3)4;3-2(4,5)1(6)7/h5-6,11H,7-10,12H2,1-4H3,(H,20,24)(H,21,25)(H,26,27);(H,6,7). The molecule has 0 atom stereocenters. The van der Waals surface area contributed by atoms with Crippen LogP contribution in [-0.2, 0) is 14.4 Å². The van der Waals surface area contributed by atoms with Crippen molar-refractivity contribution in [2.45, 2.75) is 39.4 Å². The zero-order chi connectivity index (χ0) is 26.3. The van der Waals surface area contributed by atoms with Gasteiger partial charge in [0.25, 0.3) is 0 Å². The van der Waals surface area contributed by atoms with Crippen molar-refractivity contribution in [3.05, 3.63) is 23.8 Å². The molecule has 34 heavy (non-hydrogen) atoms. The number of aromatic carboxylic acids is 1. The van der Waals surface area contributed by atoms with Crippen LogP contribution in [0.3, 0.4) is 0 Å². The van der Waals surface area contributed by atoms with Crippen LogP contribution < -0.4 is 15.5 Å². The molecule has 0 aliphatic carbocycles. The van der Waals surface area contributed by atoms with Crippen LogP contribution >= 0.6 is 0 Å². The van der Waals surface area contributed by atoms with Gasteiger partial charge in [-0.2, -0.15) is 13.2 Å². The summed E-state index contributed by atoms with van der Waals surface area (Å²) in [5, 5.41) is 22.0. The number of amides is 2. The van der Waals surface area contributed by atoms with Crippen molar-refractivity contribution in [3.63, 3.8) is 0 Å². The van der Waals surface area contributed by atoms with Gasteiger partial charge in [0.2, 0.25) is 11.8 Å². The molecule has 0 spiro atoms. The van der Waals surface area contributed by atoms with Crippen molar-refractivity contribution < 1.29 is 42.6 Å². The molecule has 4 N–H and O–H groups in total. The third-order valence-electron chi connectivity index (χ3n) is 4.39. The maximum Gasteiger partial charge on any atom is 0.490 e. The van der Waals surface area contributed by atoms with E-state index in [1.165, 1.54) is 19.1 Å². The van der Waals surface area contributed by atoms with Gasteiger partial charge in [0.05, 0.1) is 23.5 Å². The molecule has 1 saturated heterocycles. The van der Waals surface area contributed by atoms with Gasteiger partial charge in [-0.25, -0.2) is 9.59 Å². The van der Waals surface area contributed by atoms with E-state index in [1.807, 2.05) is 20.8 Å². The predicted octanol–water partition coefficient (Wildman–Crippen LogP) is 2.01. The quantitative estimate of drug-likeness (QED) is 0.492. The molecule has 13 heteroatoms. The highest BCUT2D eigenvalue weighted by Crippen LogP contribution is 2.28. The number of alkyl halides is 3. The highest BCUT2D eigenvalue weighted by molar-refractivity contribution is 5.96. The first-order chi connectivity index (χ1) is 15.5. The molecule has 1 aliphatic rings. The molecule has 1 aromatic carbocycles. The van der Waals surface area contributed by atoms with E-state index in [-0.39, 0.29) is 22.9 Å². The smallest absolute Gasteiger partial charge is 0.478 e. The fourth-order valence-electron chi connectivity index (χ4n) is 3.04. The van der Waals surface area contributed by atoms with Crippen LogP contribution in [0.5, 0.6) is 0 Å². The van der Waals surface area contributed by atoms with Crippen molar-refractivity contribution in [1.29, 1.82) is 0 Å². The summed E-state index contributed by atoms with van der Waals surface area (Å²) in [5.41, 5.74) is 1.15. The molecule has 1 aliphatic heterocycles. The molecule has 2 rings (SSSR count). The molecular formula is C21H29F3N4O6. The largest absolute Gasteiger partial charge is 0.490 e. The summed E-state index contributed by atoms with van der Waals surface area (Å²) in [6.45, 7) is 10.4. The Morgan fingerprint density at radius 1 is 1.00 bits per heavy atom. The third kappa shape index (κ3) is 10.1. The molecule has 2 amide bonds. The number of hydrogen-bond acceptors (Lipinski definition) is 6. The summed E-state index contributed by atoms with van der Waals surface area (Å²) in [4.78, 5) is 47.8. The van der Waals surface area contributed by atoms with E-state index in [4.69, 9.17) is 9.90 Å². The summed E-state index contributed by atoms with van der Waals surface area (Å²) in [5.74, 6) is -4.05. The summed E-state index contributed by atoms with van der Waals surface area (Å²) < 4.78 is 31.7. The number of nitrogens with one attached hydrogen (secondary N) is 2. The summed E-state index contributed by atoms with van der Waals surface area (Å²) in [6.07, 6.45) is -5.08. The topological polar surface area (TPSA) is 139 Å². The lowest BCUT2D eigenvalue weighted by Crippen LogP contribution is -2.51. The van der Waals surface area contributed by atoms with E-state index >= 15 is 0 Å². The average Bonchev–Trinajstić information content (AvgIpc) is 2.66. The minimum Gasteiger partial charge on any atom is -0.478 e. The summed E-state index contributed by atoms with van der Waals surface area (Å²) in [7, 11) is 0. The molecule has 0 saturated carbocycles. The molecule has 1 heterocycles. The van der Waals surface area contributed by atoms with Crippen LogP contribution in [0.4, 0.5) is 24.5 Å². The number of carbonyl (C=O) groups is 4. The molecule has 190 valence electrons. The van der Waals surface area contributed by atoms with Gasteiger partial charge in [-0.05, 0) is 39.0 Å². The van der Waals surface area contributed by atoms with Gasteiger partial charge in [-0.15, -0.1) is 0 Å². The first-order valence-electron chi connectivity index (χ1n) is 10.2. The predicted molar refractivity (Wildman–Crippen MR) is 118 cm³/mol. The monoisotopic (exact) mass is 490 g/mol. The molecular weight excluding hydrogens is 461 g/mol. The zero-order valence-electron chi connectivity index (χ0n) is 19.3. The summed E-state index contributed by atoms with van der Waals surface area (Å²) in [6, 6.07) is 4.73. The lowest BCUT2D eigenvalue weighted by Gasteiger charge is -2.37. The molecule has 0 radical (unpaired) electrons. The Bertz CT molecular complexity index is 907. The second-order valence-corrected chi connectivity index (χ2v) is 8.58. The fraction of sp³-hybridized carbons (Fsp3) is 0.524. The van der Waals surface area contributed by atoms with Crippen LogP contribution in [0.15, 0.2) is 18.2 Å². The molecule has 10 nitrogen and oxygen atoms in total. The van der Waals surface area contributed by atoms with Gasteiger partial charge >= 0.3 is 18.1 Å². The Labute approximate surface area is 194 Å². The Kier molecular flexibility index (Phi) is 9.85. The Hall–Kier alpha value is -3.35. The highest BCUT2D eigenvalue weighted by Gasteiger charge is 2.38. The van der Waals surface area contributed by atoms with E-state index in [1.54, 1.807) is 6.07 Å². The number of carboxylic acids is 2. The number of carboxylic acid groups (broad SMARTS) is 2. The van der Waals surface area contributed by atoms with Crippen LogP contribution in [0, 0.1) is 0 Å². The third-order valence-corrected chi connectivity index (χ3v) is 4.39. The Balaban J connectivity index is 0.000000718. The van der Waals surface area contributed by atoms with E-state index in [2.05, 4.69) is 20.4 Å².